The summed E-state index contributed by atoms with van der Waals surface area (Å²) in [6, 6.07) is 7.24. The Bertz CT molecular complexity index is 819. The zero-order valence-electron chi connectivity index (χ0n) is 17.4. The lowest BCUT2D eigenvalue weighted by atomic mass is 10.0. The number of H-pyrrole nitrogens is 1. The molecule has 1 atom stereocenters. The van der Waals surface area contributed by atoms with Crippen molar-refractivity contribution in [2.75, 3.05) is 26.7 Å². The van der Waals surface area contributed by atoms with Gasteiger partial charge in [0, 0.05) is 20.1 Å². The maximum atomic E-state index is 13.2. The summed E-state index contributed by atoms with van der Waals surface area (Å²) in [5, 5.41) is 0. The third-order valence-corrected chi connectivity index (χ3v) is 5.21. The Morgan fingerprint density at radius 3 is 2.76 bits per heavy atom. The van der Waals surface area contributed by atoms with Gasteiger partial charge in [0.25, 0.3) is 11.8 Å². The molecule has 0 saturated heterocycles. The maximum absolute atomic E-state index is 13.2. The van der Waals surface area contributed by atoms with Gasteiger partial charge in [-0.05, 0) is 37.3 Å². The highest BCUT2D eigenvalue weighted by Crippen LogP contribution is 2.23. The molecule has 0 spiro atoms. The molecule has 1 aromatic heterocycles. The van der Waals surface area contributed by atoms with Crippen LogP contribution in [0.4, 0.5) is 0 Å². The first-order valence-electron chi connectivity index (χ1n) is 10.2. The second kappa shape index (κ2) is 9.58. The molecular formula is C22H30N4O3. The summed E-state index contributed by atoms with van der Waals surface area (Å²) in [6.07, 6.45) is 5.54. The second-order valence-electron chi connectivity index (χ2n) is 7.99. The van der Waals surface area contributed by atoms with Crippen LogP contribution in [0, 0.1) is 5.92 Å². The number of fused-ring (bicyclic) bond motifs is 1. The Morgan fingerprint density at radius 1 is 1.28 bits per heavy atom. The first kappa shape index (κ1) is 20.9. The molecule has 29 heavy (non-hydrogen) atoms. The Labute approximate surface area is 172 Å². The van der Waals surface area contributed by atoms with Crippen LogP contribution in [0.15, 0.2) is 36.8 Å². The molecule has 0 fully saturated rings. The lowest BCUT2D eigenvalue weighted by molar-refractivity contribution is 0.0554. The van der Waals surface area contributed by atoms with E-state index in [1.165, 1.54) is 6.33 Å². The van der Waals surface area contributed by atoms with Crippen molar-refractivity contribution in [3.8, 4) is 5.75 Å². The van der Waals surface area contributed by atoms with Crippen molar-refractivity contribution >= 4 is 11.8 Å². The minimum atomic E-state index is -0.0916. The van der Waals surface area contributed by atoms with Gasteiger partial charge in [-0.2, -0.15) is 0 Å². The minimum Gasteiger partial charge on any atom is -0.491 e. The van der Waals surface area contributed by atoms with E-state index in [1.54, 1.807) is 24.2 Å². The molecule has 0 aliphatic carbocycles. The van der Waals surface area contributed by atoms with Crippen LogP contribution in [0.5, 0.6) is 5.75 Å². The number of rotatable bonds is 3. The first-order chi connectivity index (χ1) is 14.0. The van der Waals surface area contributed by atoms with E-state index >= 15 is 0 Å². The molecule has 0 radical (unpaired) electrons. The molecule has 2 amide bonds. The van der Waals surface area contributed by atoms with Crippen molar-refractivity contribution < 1.29 is 14.3 Å². The highest BCUT2D eigenvalue weighted by molar-refractivity contribution is 5.96. The standard InChI is InChI=1S/C22H30N4O3/c1-16(2)12-17-14-29-20-9-5-4-8-18(20)21(27)25(3)10-6-7-11-26(17)22(28)19-13-23-15-24-19/h4-5,8-9,13,15-17H,6-7,10-12,14H2,1-3H3,(H,23,24)/t17-/m0/s1. The van der Waals surface area contributed by atoms with Crippen LogP contribution in [-0.4, -0.2) is 64.4 Å². The fourth-order valence-corrected chi connectivity index (χ4v) is 3.70. The Morgan fingerprint density at radius 2 is 2.03 bits per heavy atom. The van der Waals surface area contributed by atoms with Gasteiger partial charge in [-0.1, -0.05) is 26.0 Å². The van der Waals surface area contributed by atoms with Gasteiger partial charge in [-0.15, -0.1) is 0 Å². The molecule has 156 valence electrons. The molecule has 2 aromatic rings. The van der Waals surface area contributed by atoms with Crippen molar-refractivity contribution in [3.63, 3.8) is 0 Å². The number of aromatic nitrogens is 2. The Balaban J connectivity index is 1.91. The van der Waals surface area contributed by atoms with Crippen molar-refractivity contribution in [1.82, 2.24) is 19.8 Å². The van der Waals surface area contributed by atoms with Gasteiger partial charge in [0.15, 0.2) is 0 Å². The fourth-order valence-electron chi connectivity index (χ4n) is 3.70. The number of hydrogen-bond donors (Lipinski definition) is 1. The Hall–Kier alpha value is -2.83. The van der Waals surface area contributed by atoms with Gasteiger partial charge in [0.1, 0.15) is 18.1 Å². The van der Waals surface area contributed by atoms with Gasteiger partial charge >= 0.3 is 0 Å². The molecule has 7 nitrogen and oxygen atoms in total. The average molecular weight is 399 g/mol. The molecule has 1 aliphatic heterocycles. The lowest BCUT2D eigenvalue weighted by Crippen LogP contribution is -2.45. The van der Waals surface area contributed by atoms with Crippen LogP contribution in [-0.2, 0) is 0 Å². The molecular weight excluding hydrogens is 368 g/mol. The normalized spacial score (nSPS) is 18.6. The summed E-state index contributed by atoms with van der Waals surface area (Å²) in [5.41, 5.74) is 1.05. The number of amides is 2. The van der Waals surface area contributed by atoms with E-state index < -0.39 is 0 Å². The molecule has 3 rings (SSSR count). The summed E-state index contributed by atoms with van der Waals surface area (Å²) in [4.78, 5) is 36.5. The van der Waals surface area contributed by atoms with Gasteiger partial charge in [-0.3, -0.25) is 9.59 Å². The number of carbonyl (C=O) groups is 2. The third kappa shape index (κ3) is 5.16. The number of imidazole rings is 1. The van der Waals surface area contributed by atoms with E-state index in [-0.39, 0.29) is 17.9 Å². The van der Waals surface area contributed by atoms with E-state index in [4.69, 9.17) is 4.74 Å². The Kier molecular flexibility index (Phi) is 6.90. The summed E-state index contributed by atoms with van der Waals surface area (Å²) in [6.45, 7) is 5.87. The van der Waals surface area contributed by atoms with Gasteiger partial charge in [0.05, 0.1) is 24.1 Å². The number of carbonyl (C=O) groups excluding carboxylic acids is 2. The SMILES string of the molecule is CC(C)C[C@H]1COc2ccccc2C(=O)N(C)CCCCN1C(=O)c1cnc[nH]1. The van der Waals surface area contributed by atoms with Crippen LogP contribution in [0.3, 0.4) is 0 Å². The van der Waals surface area contributed by atoms with E-state index in [2.05, 4.69) is 23.8 Å². The van der Waals surface area contributed by atoms with Crippen molar-refractivity contribution in [3.05, 3.63) is 48.0 Å². The minimum absolute atomic E-state index is 0.0352. The monoisotopic (exact) mass is 398 g/mol. The summed E-state index contributed by atoms with van der Waals surface area (Å²) in [7, 11) is 1.81. The van der Waals surface area contributed by atoms with Gasteiger partial charge in [0.2, 0.25) is 0 Å². The quantitative estimate of drug-likeness (QED) is 0.861. The number of nitrogens with zero attached hydrogens (tertiary/aromatic N) is 3. The third-order valence-electron chi connectivity index (χ3n) is 5.21. The number of hydrogen-bond acceptors (Lipinski definition) is 4. The van der Waals surface area contributed by atoms with Crippen LogP contribution in [0.25, 0.3) is 0 Å². The van der Waals surface area contributed by atoms with E-state index in [0.29, 0.717) is 42.6 Å². The first-order valence-corrected chi connectivity index (χ1v) is 10.2. The number of benzene rings is 1. The van der Waals surface area contributed by atoms with Crippen LogP contribution in [0.2, 0.25) is 0 Å². The van der Waals surface area contributed by atoms with Crippen molar-refractivity contribution in [2.24, 2.45) is 5.92 Å². The largest absolute Gasteiger partial charge is 0.491 e. The molecule has 1 aliphatic rings. The van der Waals surface area contributed by atoms with Crippen LogP contribution < -0.4 is 4.74 Å². The van der Waals surface area contributed by atoms with E-state index in [1.807, 2.05) is 23.1 Å². The summed E-state index contributed by atoms with van der Waals surface area (Å²) < 4.78 is 6.12. The average Bonchev–Trinajstić information content (AvgIpc) is 3.24. The maximum Gasteiger partial charge on any atom is 0.272 e. The molecule has 1 N–H and O–H groups in total. The highest BCUT2D eigenvalue weighted by Gasteiger charge is 2.28. The van der Waals surface area contributed by atoms with Crippen molar-refractivity contribution in [2.45, 2.75) is 39.2 Å². The number of para-hydroxylation sites is 1. The summed E-state index contributed by atoms with van der Waals surface area (Å²) in [5.74, 6) is 0.864. The van der Waals surface area contributed by atoms with Crippen LogP contribution >= 0.6 is 0 Å². The topological polar surface area (TPSA) is 78.5 Å². The van der Waals surface area contributed by atoms with E-state index in [9.17, 15) is 9.59 Å². The molecule has 0 bridgehead atoms. The lowest BCUT2D eigenvalue weighted by Gasteiger charge is -2.33. The molecule has 0 unspecified atom stereocenters. The number of nitrogens with one attached hydrogen (secondary N) is 1. The smallest absolute Gasteiger partial charge is 0.272 e. The molecule has 1 aromatic carbocycles. The molecule has 0 saturated carbocycles. The second-order valence-corrected chi connectivity index (χ2v) is 7.99. The summed E-state index contributed by atoms with van der Waals surface area (Å²) >= 11 is 0. The van der Waals surface area contributed by atoms with Gasteiger partial charge in [-0.25, -0.2) is 4.98 Å². The molecule has 2 heterocycles. The van der Waals surface area contributed by atoms with Gasteiger partial charge < -0.3 is 19.5 Å². The van der Waals surface area contributed by atoms with Crippen molar-refractivity contribution in [1.29, 1.82) is 0 Å². The number of aromatic amines is 1. The predicted molar refractivity (Wildman–Crippen MR) is 111 cm³/mol. The zero-order valence-corrected chi connectivity index (χ0v) is 17.4. The van der Waals surface area contributed by atoms with Crippen LogP contribution in [0.1, 0.15) is 54.0 Å². The number of ether oxygens (including phenoxy) is 1. The highest BCUT2D eigenvalue weighted by atomic mass is 16.5. The zero-order chi connectivity index (χ0) is 20.8. The molecule has 7 heteroatoms. The fraction of sp³-hybridized carbons (Fsp3) is 0.500. The van der Waals surface area contributed by atoms with E-state index in [0.717, 1.165) is 19.3 Å². The predicted octanol–water partition coefficient (Wildman–Crippen LogP) is 3.21.